The van der Waals surface area contributed by atoms with E-state index in [1.54, 1.807) is 18.2 Å². The third-order valence-electron chi connectivity index (χ3n) is 4.08. The molecule has 158 valence electrons. The van der Waals surface area contributed by atoms with Crippen molar-refractivity contribution in [3.63, 3.8) is 0 Å². The molecule has 0 radical (unpaired) electrons. The molecular weight excluding hydrogens is 382 g/mol. The highest BCUT2D eigenvalue weighted by atomic mass is 16.6. The SMILES string of the molecule is O=C1C=CC(=O)N1c1ccc2c(c1)OCCOCCOCCOCCOCCO2. The van der Waals surface area contributed by atoms with Gasteiger partial charge in [-0.3, -0.25) is 9.59 Å². The zero-order chi connectivity index (χ0) is 20.3. The molecule has 0 N–H and O–H groups in total. The van der Waals surface area contributed by atoms with E-state index in [4.69, 9.17) is 28.4 Å². The highest BCUT2D eigenvalue weighted by molar-refractivity contribution is 6.28. The van der Waals surface area contributed by atoms with Crippen LogP contribution in [-0.4, -0.2) is 77.9 Å². The molecule has 0 bridgehead atoms. The van der Waals surface area contributed by atoms with Crippen molar-refractivity contribution in [2.24, 2.45) is 0 Å². The Bertz CT molecular complexity index is 702. The monoisotopic (exact) mass is 407 g/mol. The molecule has 0 aliphatic carbocycles. The van der Waals surface area contributed by atoms with Crippen LogP contribution >= 0.6 is 0 Å². The second-order valence-electron chi connectivity index (χ2n) is 6.12. The molecule has 2 amide bonds. The zero-order valence-corrected chi connectivity index (χ0v) is 16.2. The number of benzene rings is 1. The fourth-order valence-corrected chi connectivity index (χ4v) is 2.71. The number of amides is 2. The van der Waals surface area contributed by atoms with E-state index in [9.17, 15) is 9.59 Å². The van der Waals surface area contributed by atoms with Crippen LogP contribution in [0.25, 0.3) is 0 Å². The highest BCUT2D eigenvalue weighted by Crippen LogP contribution is 2.33. The summed E-state index contributed by atoms with van der Waals surface area (Å²) in [6.07, 6.45) is 2.47. The summed E-state index contributed by atoms with van der Waals surface area (Å²) < 4.78 is 33.3. The minimum Gasteiger partial charge on any atom is -0.487 e. The van der Waals surface area contributed by atoms with Gasteiger partial charge in [-0.1, -0.05) is 0 Å². The molecule has 2 aliphatic rings. The quantitative estimate of drug-likeness (QED) is 0.636. The predicted molar refractivity (Wildman–Crippen MR) is 102 cm³/mol. The first-order chi connectivity index (χ1) is 14.3. The van der Waals surface area contributed by atoms with Gasteiger partial charge in [-0.05, 0) is 12.1 Å². The molecule has 0 saturated carbocycles. The summed E-state index contributed by atoms with van der Waals surface area (Å²) in [7, 11) is 0. The molecule has 0 fully saturated rings. The third kappa shape index (κ3) is 6.53. The summed E-state index contributed by atoms with van der Waals surface area (Å²) in [5.74, 6) is 0.120. The standard InChI is InChI=1S/C20H25NO8/c22-19-3-4-20(23)21(19)16-1-2-17-18(15-16)29-14-12-27-10-8-25-6-5-24-7-9-26-11-13-28-17/h1-4,15H,5-14H2. The van der Waals surface area contributed by atoms with Gasteiger partial charge in [0, 0.05) is 18.2 Å². The van der Waals surface area contributed by atoms with Crippen LogP contribution in [0.5, 0.6) is 11.5 Å². The Kier molecular flexibility index (Phi) is 8.44. The van der Waals surface area contributed by atoms with Crippen LogP contribution in [0, 0.1) is 0 Å². The molecule has 1 aromatic carbocycles. The summed E-state index contributed by atoms with van der Waals surface area (Å²) in [6, 6.07) is 4.91. The molecule has 0 spiro atoms. The fourth-order valence-electron chi connectivity index (χ4n) is 2.71. The topological polar surface area (TPSA) is 92.8 Å². The molecule has 0 aromatic heterocycles. The summed E-state index contributed by atoms with van der Waals surface area (Å²) in [6.45, 7) is 4.20. The van der Waals surface area contributed by atoms with Gasteiger partial charge in [-0.15, -0.1) is 0 Å². The van der Waals surface area contributed by atoms with Crippen molar-refractivity contribution < 1.29 is 38.0 Å². The lowest BCUT2D eigenvalue weighted by molar-refractivity contribution is -0.119. The number of ether oxygens (including phenoxy) is 6. The van der Waals surface area contributed by atoms with E-state index in [2.05, 4.69) is 0 Å². The van der Waals surface area contributed by atoms with Gasteiger partial charge in [0.2, 0.25) is 0 Å². The van der Waals surface area contributed by atoms with E-state index < -0.39 is 11.8 Å². The second-order valence-corrected chi connectivity index (χ2v) is 6.12. The predicted octanol–water partition coefficient (Wildman–Crippen LogP) is 0.954. The van der Waals surface area contributed by atoms with Crippen molar-refractivity contribution in [3.8, 4) is 11.5 Å². The van der Waals surface area contributed by atoms with Crippen LogP contribution in [-0.2, 0) is 28.5 Å². The van der Waals surface area contributed by atoms with E-state index in [0.717, 1.165) is 4.90 Å². The summed E-state index contributed by atoms with van der Waals surface area (Å²) in [5, 5.41) is 0. The first-order valence-corrected chi connectivity index (χ1v) is 9.52. The maximum atomic E-state index is 11.9. The van der Waals surface area contributed by atoms with E-state index in [0.29, 0.717) is 76.6 Å². The molecule has 9 nitrogen and oxygen atoms in total. The number of imide groups is 1. The number of hydrogen-bond acceptors (Lipinski definition) is 8. The normalized spacial score (nSPS) is 20.3. The number of nitrogens with zero attached hydrogens (tertiary/aromatic N) is 1. The molecule has 2 heterocycles. The number of hydrogen-bond donors (Lipinski definition) is 0. The molecule has 1 aromatic rings. The Morgan fingerprint density at radius 2 is 1.03 bits per heavy atom. The molecule has 0 saturated heterocycles. The minimum absolute atomic E-state index is 0.277. The van der Waals surface area contributed by atoms with Crippen LogP contribution in [0.2, 0.25) is 0 Å². The van der Waals surface area contributed by atoms with E-state index in [1.807, 2.05) is 0 Å². The van der Waals surface area contributed by atoms with Gasteiger partial charge in [0.25, 0.3) is 11.8 Å². The number of carbonyl (C=O) groups is 2. The fraction of sp³-hybridized carbons (Fsp3) is 0.500. The summed E-state index contributed by atoms with van der Waals surface area (Å²) in [4.78, 5) is 24.9. The smallest absolute Gasteiger partial charge is 0.258 e. The van der Waals surface area contributed by atoms with Crippen molar-refractivity contribution in [1.29, 1.82) is 0 Å². The average Bonchev–Trinajstić information content (AvgIpc) is 3.06. The molecular formula is C20H25NO8. The summed E-state index contributed by atoms with van der Waals surface area (Å²) in [5.41, 5.74) is 0.414. The van der Waals surface area contributed by atoms with Gasteiger partial charge in [0.15, 0.2) is 11.5 Å². The average molecular weight is 407 g/mol. The minimum atomic E-state index is -0.394. The lowest BCUT2D eigenvalue weighted by Crippen LogP contribution is -2.29. The maximum Gasteiger partial charge on any atom is 0.258 e. The Labute approximate surface area is 169 Å². The van der Waals surface area contributed by atoms with Gasteiger partial charge >= 0.3 is 0 Å². The lowest BCUT2D eigenvalue weighted by atomic mass is 10.2. The van der Waals surface area contributed by atoms with Crippen molar-refractivity contribution in [2.75, 3.05) is 71.0 Å². The van der Waals surface area contributed by atoms with Gasteiger partial charge < -0.3 is 28.4 Å². The maximum absolute atomic E-state index is 11.9. The van der Waals surface area contributed by atoms with Crippen molar-refractivity contribution in [2.45, 2.75) is 0 Å². The number of fused-ring (bicyclic) bond motifs is 1. The number of carbonyl (C=O) groups excluding carboxylic acids is 2. The van der Waals surface area contributed by atoms with Crippen molar-refractivity contribution in [1.82, 2.24) is 0 Å². The molecule has 2 aliphatic heterocycles. The molecule has 9 heteroatoms. The largest absolute Gasteiger partial charge is 0.487 e. The number of anilines is 1. The van der Waals surface area contributed by atoms with E-state index >= 15 is 0 Å². The molecule has 0 unspecified atom stereocenters. The second kappa shape index (κ2) is 11.5. The van der Waals surface area contributed by atoms with Gasteiger partial charge in [0.1, 0.15) is 13.2 Å². The van der Waals surface area contributed by atoms with Crippen LogP contribution < -0.4 is 14.4 Å². The van der Waals surface area contributed by atoms with Crippen molar-refractivity contribution in [3.05, 3.63) is 30.4 Å². The first kappa shape index (κ1) is 21.3. The highest BCUT2D eigenvalue weighted by Gasteiger charge is 2.26. The van der Waals surface area contributed by atoms with Crippen LogP contribution in [0.15, 0.2) is 30.4 Å². The van der Waals surface area contributed by atoms with Crippen LogP contribution in [0.4, 0.5) is 5.69 Å². The van der Waals surface area contributed by atoms with Gasteiger partial charge in [0.05, 0.1) is 58.5 Å². The molecule has 29 heavy (non-hydrogen) atoms. The Balaban J connectivity index is 1.65. The zero-order valence-electron chi connectivity index (χ0n) is 16.2. The Morgan fingerprint density at radius 1 is 0.586 bits per heavy atom. The van der Waals surface area contributed by atoms with E-state index in [-0.39, 0.29) is 6.61 Å². The molecule has 0 atom stereocenters. The van der Waals surface area contributed by atoms with Crippen LogP contribution in [0.3, 0.4) is 0 Å². The Hall–Kier alpha value is -2.46. The van der Waals surface area contributed by atoms with Gasteiger partial charge in [-0.2, -0.15) is 0 Å². The summed E-state index contributed by atoms with van der Waals surface area (Å²) >= 11 is 0. The number of rotatable bonds is 1. The van der Waals surface area contributed by atoms with Crippen LogP contribution in [0.1, 0.15) is 0 Å². The lowest BCUT2D eigenvalue weighted by Gasteiger charge is -2.18. The van der Waals surface area contributed by atoms with Gasteiger partial charge in [-0.25, -0.2) is 4.90 Å². The van der Waals surface area contributed by atoms with E-state index in [1.165, 1.54) is 12.2 Å². The van der Waals surface area contributed by atoms with Crippen molar-refractivity contribution >= 4 is 17.5 Å². The molecule has 3 rings (SSSR count). The Morgan fingerprint density at radius 3 is 1.55 bits per heavy atom. The third-order valence-corrected chi connectivity index (χ3v) is 4.08. The first-order valence-electron chi connectivity index (χ1n) is 9.52.